The number of pyridine rings is 2. The maximum absolute atomic E-state index is 13.1. The van der Waals surface area contributed by atoms with Crippen molar-refractivity contribution in [3.05, 3.63) is 133 Å². The summed E-state index contributed by atoms with van der Waals surface area (Å²) in [6.07, 6.45) is -0.150. The van der Waals surface area contributed by atoms with Crippen molar-refractivity contribution in [2.45, 2.75) is 6.42 Å². The second-order valence-electron chi connectivity index (χ2n) is 13.3. The second-order valence-corrected chi connectivity index (χ2v) is 17.0. The van der Waals surface area contributed by atoms with E-state index in [-0.39, 0.29) is 17.8 Å². The first-order chi connectivity index (χ1) is 27.6. The predicted octanol–water partition coefficient (Wildman–Crippen LogP) is 9.17. The average Bonchev–Trinajstić information content (AvgIpc) is 3.21. The monoisotopic (exact) mass is 798 g/mol. The fourth-order valence-electron chi connectivity index (χ4n) is 6.83. The third-order valence-corrected chi connectivity index (χ3v) is 12.2. The number of aromatic nitrogens is 2. The van der Waals surface area contributed by atoms with E-state index in [1.807, 2.05) is 97.1 Å². The van der Waals surface area contributed by atoms with E-state index < -0.39 is 31.6 Å². The highest BCUT2D eigenvalue weighted by Gasteiger charge is 2.19. The van der Waals surface area contributed by atoms with Crippen molar-refractivity contribution < 1.29 is 26.3 Å². The van der Waals surface area contributed by atoms with E-state index in [4.69, 9.17) is 19.4 Å². The number of ether oxygens (including phenoxy) is 2. The summed E-state index contributed by atoms with van der Waals surface area (Å²) in [5, 5.41) is 10.6. The molecule has 2 heterocycles. The van der Waals surface area contributed by atoms with E-state index in [1.165, 1.54) is 14.2 Å². The number of anilines is 6. The summed E-state index contributed by atoms with van der Waals surface area (Å²) < 4.78 is 68.9. The number of nitrogens with zero attached hydrogens (tertiary/aromatic N) is 2. The molecule has 0 amide bonds. The highest BCUT2D eigenvalue weighted by Crippen LogP contribution is 2.39. The molecule has 0 fully saturated rings. The number of para-hydroxylation sites is 4. The molecule has 0 aliphatic rings. The Hall–Kier alpha value is -6.64. The molecule has 0 aliphatic heterocycles. The highest BCUT2D eigenvalue weighted by atomic mass is 32.2. The Morgan fingerprint density at radius 3 is 1.14 bits per heavy atom. The zero-order chi connectivity index (χ0) is 39.6. The normalized spacial score (nSPS) is 11.8. The van der Waals surface area contributed by atoms with Crippen LogP contribution in [0.3, 0.4) is 0 Å². The quantitative estimate of drug-likeness (QED) is 0.0781. The van der Waals surface area contributed by atoms with Gasteiger partial charge in [-0.15, -0.1) is 0 Å². The van der Waals surface area contributed by atoms with Gasteiger partial charge in [-0.25, -0.2) is 26.8 Å². The van der Waals surface area contributed by atoms with Crippen molar-refractivity contribution in [1.82, 2.24) is 9.97 Å². The summed E-state index contributed by atoms with van der Waals surface area (Å²) in [5.74, 6) is -0.0339. The first-order valence-electron chi connectivity index (χ1n) is 18.1. The molecule has 0 unspecified atom stereocenters. The minimum atomic E-state index is -3.92. The van der Waals surface area contributed by atoms with Gasteiger partial charge in [0.25, 0.3) is 0 Å². The SMILES string of the molecule is COc1cc(NS(=O)(=O)CCCS(=O)(=O)Nc2ccc(Nc3c4ccccc4nc4ccccc34)c(OC)c2)ccc1Nc1c2ccccc2nc2ccccc12. The number of methoxy groups -OCH3 is 2. The number of hydrogen-bond acceptors (Lipinski definition) is 10. The molecule has 0 radical (unpaired) electrons. The van der Waals surface area contributed by atoms with E-state index in [2.05, 4.69) is 20.1 Å². The van der Waals surface area contributed by atoms with Crippen LogP contribution in [0.1, 0.15) is 6.42 Å². The van der Waals surface area contributed by atoms with Gasteiger partial charge in [0, 0.05) is 33.7 Å². The lowest BCUT2D eigenvalue weighted by Gasteiger charge is -2.17. The third kappa shape index (κ3) is 8.04. The molecule has 8 aromatic rings. The number of benzene rings is 6. The van der Waals surface area contributed by atoms with E-state index in [1.54, 1.807) is 36.4 Å². The molecular formula is C43H38N6O6S2. The maximum Gasteiger partial charge on any atom is 0.232 e. The molecule has 4 N–H and O–H groups in total. The first kappa shape index (κ1) is 37.3. The molecule has 14 heteroatoms. The highest BCUT2D eigenvalue weighted by molar-refractivity contribution is 7.93. The van der Waals surface area contributed by atoms with Crippen molar-refractivity contribution in [2.24, 2.45) is 0 Å². The maximum atomic E-state index is 13.1. The number of sulfonamides is 2. The zero-order valence-electron chi connectivity index (χ0n) is 31.0. The molecular weight excluding hydrogens is 761 g/mol. The Kier molecular flexibility index (Phi) is 10.1. The van der Waals surface area contributed by atoms with Gasteiger partial charge in [0.05, 0.1) is 81.9 Å². The van der Waals surface area contributed by atoms with E-state index in [9.17, 15) is 16.8 Å². The average molecular weight is 799 g/mol. The Labute approximate surface area is 330 Å². The minimum Gasteiger partial charge on any atom is -0.494 e. The minimum absolute atomic E-state index is 0.150. The van der Waals surface area contributed by atoms with E-state index in [0.717, 1.165) is 55.0 Å². The van der Waals surface area contributed by atoms with E-state index in [0.29, 0.717) is 22.9 Å². The van der Waals surface area contributed by atoms with Gasteiger partial charge < -0.3 is 20.1 Å². The van der Waals surface area contributed by atoms with Crippen LogP contribution in [0.25, 0.3) is 43.6 Å². The van der Waals surface area contributed by atoms with Gasteiger partial charge in [0.15, 0.2) is 0 Å². The molecule has 0 saturated carbocycles. The molecule has 8 rings (SSSR count). The van der Waals surface area contributed by atoms with Gasteiger partial charge in [0.1, 0.15) is 11.5 Å². The van der Waals surface area contributed by atoms with Crippen LogP contribution in [-0.2, 0) is 20.0 Å². The van der Waals surface area contributed by atoms with Crippen LogP contribution in [0.5, 0.6) is 11.5 Å². The van der Waals surface area contributed by atoms with Gasteiger partial charge >= 0.3 is 0 Å². The van der Waals surface area contributed by atoms with Gasteiger partial charge in [-0.2, -0.15) is 0 Å². The summed E-state index contributed by atoms with van der Waals surface area (Å²) in [6.45, 7) is 0. The van der Waals surface area contributed by atoms with Crippen LogP contribution in [0, 0.1) is 0 Å². The van der Waals surface area contributed by atoms with Crippen LogP contribution >= 0.6 is 0 Å². The molecule has 6 aromatic carbocycles. The number of nitrogens with one attached hydrogen (secondary N) is 4. The van der Waals surface area contributed by atoms with Gasteiger partial charge in [-0.1, -0.05) is 72.8 Å². The largest absolute Gasteiger partial charge is 0.494 e. The summed E-state index contributed by atoms with van der Waals surface area (Å²) in [5.41, 5.74) is 6.80. The third-order valence-electron chi connectivity index (χ3n) is 9.47. The van der Waals surface area contributed by atoms with Crippen molar-refractivity contribution in [1.29, 1.82) is 0 Å². The summed E-state index contributed by atoms with van der Waals surface area (Å²) in [6, 6.07) is 41.1. The molecule has 0 atom stereocenters. The zero-order valence-corrected chi connectivity index (χ0v) is 32.6. The Morgan fingerprint density at radius 2 is 0.807 bits per heavy atom. The van der Waals surface area contributed by atoms with Crippen LogP contribution in [0.4, 0.5) is 34.1 Å². The first-order valence-corrected chi connectivity index (χ1v) is 21.4. The van der Waals surface area contributed by atoms with Gasteiger partial charge in [-0.3, -0.25) is 9.44 Å². The number of hydrogen-bond donors (Lipinski definition) is 4. The number of fused-ring (bicyclic) bond motifs is 4. The Morgan fingerprint density at radius 1 is 0.474 bits per heavy atom. The van der Waals surface area contributed by atoms with Crippen LogP contribution < -0.4 is 29.6 Å². The van der Waals surface area contributed by atoms with Crippen LogP contribution in [0.15, 0.2) is 133 Å². The lowest BCUT2D eigenvalue weighted by molar-refractivity contribution is 0.417. The molecule has 0 saturated heterocycles. The van der Waals surface area contributed by atoms with E-state index >= 15 is 0 Å². The fourth-order valence-corrected chi connectivity index (χ4v) is 9.24. The summed E-state index contributed by atoms with van der Waals surface area (Å²) >= 11 is 0. The fraction of sp³-hybridized carbons (Fsp3) is 0.116. The van der Waals surface area contributed by atoms with Crippen molar-refractivity contribution >= 4 is 97.8 Å². The van der Waals surface area contributed by atoms with Gasteiger partial charge in [0.2, 0.25) is 20.0 Å². The van der Waals surface area contributed by atoms with Crippen molar-refractivity contribution in [3.63, 3.8) is 0 Å². The molecule has 0 spiro atoms. The standard InChI is InChI=1S/C43H38N6O6S2/c1-54-40-26-28(20-22-38(40)46-42-30-12-3-7-16-34(30)44-35-17-8-4-13-31(35)42)48-56(50,51)24-11-25-57(52,53)49-29-21-23-39(41(27-29)55-2)47-43-32-14-5-9-18-36(32)45-37-19-10-6-15-33(37)43/h3-10,12-23,26-27,48-49H,11,24-25H2,1-2H3,(H,44,46)(H,45,47). The number of rotatable bonds is 14. The molecule has 12 nitrogen and oxygen atoms in total. The van der Waals surface area contributed by atoms with Crippen molar-refractivity contribution in [3.8, 4) is 11.5 Å². The van der Waals surface area contributed by atoms with Crippen LogP contribution in [0.2, 0.25) is 0 Å². The summed E-state index contributed by atoms with van der Waals surface area (Å²) in [7, 11) is -4.83. The lowest BCUT2D eigenvalue weighted by atomic mass is 10.1. The topological polar surface area (TPSA) is 161 Å². The summed E-state index contributed by atoms with van der Waals surface area (Å²) in [4.78, 5) is 9.55. The van der Waals surface area contributed by atoms with Crippen molar-refractivity contribution in [2.75, 3.05) is 45.8 Å². The molecule has 288 valence electrons. The van der Waals surface area contributed by atoms with Crippen LogP contribution in [-0.4, -0.2) is 52.5 Å². The smallest absolute Gasteiger partial charge is 0.232 e. The van der Waals surface area contributed by atoms with Gasteiger partial charge in [-0.05, 0) is 55.0 Å². The molecule has 0 bridgehead atoms. The molecule has 0 aliphatic carbocycles. The Balaban J connectivity index is 0.923. The molecule has 57 heavy (non-hydrogen) atoms. The lowest BCUT2D eigenvalue weighted by Crippen LogP contribution is -2.22. The predicted molar refractivity (Wildman–Crippen MR) is 230 cm³/mol. The molecule has 2 aromatic heterocycles. The second kappa shape index (κ2) is 15.5. The Bertz CT molecular complexity index is 2720.